The number of nitrogens with one attached hydrogen (secondary N) is 1. The topological polar surface area (TPSA) is 81.1 Å². The maximum absolute atomic E-state index is 10.4. The first-order chi connectivity index (χ1) is 3.72. The summed E-state index contributed by atoms with van der Waals surface area (Å²) in [6.45, 7) is 0. The van der Waals surface area contributed by atoms with Gasteiger partial charge in [0, 0.05) is 13.2 Å². The molecule has 0 aromatic rings. The number of hydrogen-bond acceptors (Lipinski definition) is 3. The van der Waals surface area contributed by atoms with Crippen molar-refractivity contribution in [2.24, 2.45) is 11.5 Å². The Balaban J connectivity index is 3.83. The molecule has 0 rings (SSSR count). The van der Waals surface area contributed by atoms with E-state index in [9.17, 15) is 4.79 Å². The lowest BCUT2D eigenvalue weighted by atomic mass is 10.5. The zero-order chi connectivity index (χ0) is 6.57. The van der Waals surface area contributed by atoms with Crippen molar-refractivity contribution >= 4 is 5.91 Å². The third-order valence-corrected chi connectivity index (χ3v) is 0.669. The molecule has 0 unspecified atom stereocenters. The first-order valence-corrected chi connectivity index (χ1v) is 2.11. The molecule has 0 fully saturated rings. The molecular formula is C4H9N3O. The van der Waals surface area contributed by atoms with Gasteiger partial charge in [-0.2, -0.15) is 0 Å². The Morgan fingerprint density at radius 2 is 2.25 bits per heavy atom. The molecule has 0 radical (unpaired) electrons. The summed E-state index contributed by atoms with van der Waals surface area (Å²) in [6.07, 6.45) is 1.05. The molecule has 0 aliphatic heterocycles. The van der Waals surface area contributed by atoms with Gasteiger partial charge in [0.15, 0.2) is 0 Å². The van der Waals surface area contributed by atoms with Crippen LogP contribution < -0.4 is 16.8 Å². The predicted molar refractivity (Wildman–Crippen MR) is 30.5 cm³/mol. The molecule has 4 heteroatoms. The maximum atomic E-state index is 10.4. The number of likely N-dealkylation sites (N-methyl/N-ethyl adjacent to an activating group) is 1. The van der Waals surface area contributed by atoms with E-state index < -0.39 is 0 Å². The van der Waals surface area contributed by atoms with Crippen molar-refractivity contribution in [3.63, 3.8) is 0 Å². The lowest BCUT2D eigenvalue weighted by molar-refractivity contribution is -0.117. The highest BCUT2D eigenvalue weighted by Gasteiger charge is 1.96. The van der Waals surface area contributed by atoms with Crippen LogP contribution in [0, 0.1) is 0 Å². The van der Waals surface area contributed by atoms with Gasteiger partial charge in [0.05, 0.1) is 0 Å². The lowest BCUT2D eigenvalue weighted by Gasteiger charge is -1.94. The molecule has 4 nitrogen and oxygen atoms in total. The molecule has 0 aromatic heterocycles. The summed E-state index contributed by atoms with van der Waals surface area (Å²) in [5.41, 5.74) is 9.99. The van der Waals surface area contributed by atoms with Crippen LogP contribution in [0.4, 0.5) is 0 Å². The van der Waals surface area contributed by atoms with E-state index in [1.165, 1.54) is 7.05 Å². The second kappa shape index (κ2) is 2.90. The van der Waals surface area contributed by atoms with Crippen LogP contribution in [0.5, 0.6) is 0 Å². The smallest absolute Gasteiger partial charge is 0.268 e. The molecule has 8 heavy (non-hydrogen) atoms. The van der Waals surface area contributed by atoms with Gasteiger partial charge in [-0.3, -0.25) is 4.79 Å². The van der Waals surface area contributed by atoms with Crippen molar-refractivity contribution in [2.45, 2.75) is 0 Å². The van der Waals surface area contributed by atoms with E-state index in [2.05, 4.69) is 5.32 Å². The average molecular weight is 115 g/mol. The van der Waals surface area contributed by atoms with E-state index in [0.717, 1.165) is 6.20 Å². The van der Waals surface area contributed by atoms with Crippen molar-refractivity contribution in [3.05, 3.63) is 11.9 Å². The molecule has 5 N–H and O–H groups in total. The van der Waals surface area contributed by atoms with Crippen LogP contribution in [0.2, 0.25) is 0 Å². The van der Waals surface area contributed by atoms with Gasteiger partial charge in [0.1, 0.15) is 5.70 Å². The van der Waals surface area contributed by atoms with Gasteiger partial charge in [0.25, 0.3) is 5.91 Å². The zero-order valence-corrected chi connectivity index (χ0v) is 4.64. The number of amides is 1. The summed E-state index contributed by atoms with van der Waals surface area (Å²) in [6, 6.07) is 0. The average Bonchev–Trinajstić information content (AvgIpc) is 1.84. The maximum Gasteiger partial charge on any atom is 0.268 e. The van der Waals surface area contributed by atoms with Gasteiger partial charge in [0.2, 0.25) is 0 Å². The van der Waals surface area contributed by atoms with Crippen molar-refractivity contribution in [1.82, 2.24) is 5.32 Å². The third kappa shape index (κ3) is 1.51. The highest BCUT2D eigenvalue weighted by Crippen LogP contribution is 1.74. The Morgan fingerprint density at radius 3 is 2.38 bits per heavy atom. The van der Waals surface area contributed by atoms with E-state index in [-0.39, 0.29) is 11.6 Å². The minimum atomic E-state index is -0.354. The summed E-state index contributed by atoms with van der Waals surface area (Å²) in [5.74, 6) is -0.354. The minimum absolute atomic E-state index is 0.0347. The fourth-order valence-corrected chi connectivity index (χ4v) is 0.220. The molecular weight excluding hydrogens is 106 g/mol. The second-order valence-electron chi connectivity index (χ2n) is 1.20. The molecule has 0 bridgehead atoms. The van der Waals surface area contributed by atoms with Crippen molar-refractivity contribution in [3.8, 4) is 0 Å². The summed E-state index contributed by atoms with van der Waals surface area (Å²) < 4.78 is 0. The normalized spacial score (nSPS) is 10.9. The Kier molecular flexibility index (Phi) is 2.47. The van der Waals surface area contributed by atoms with E-state index >= 15 is 0 Å². The number of rotatable bonds is 1. The number of carbonyl (C=O) groups is 1. The fraction of sp³-hybridized carbons (Fsp3) is 0.250. The Morgan fingerprint density at radius 1 is 1.75 bits per heavy atom. The standard InChI is InChI=1S/C4H9N3O/c1-7-4(8)3(6)2-5/h2H,5-6H2,1H3,(H,7,8)/b3-2+. The molecule has 0 aliphatic carbocycles. The molecule has 0 atom stereocenters. The van der Waals surface area contributed by atoms with Gasteiger partial charge in [-0.05, 0) is 0 Å². The fourth-order valence-electron chi connectivity index (χ4n) is 0.220. The number of hydrogen-bond donors (Lipinski definition) is 3. The van der Waals surface area contributed by atoms with Gasteiger partial charge in [-0.1, -0.05) is 0 Å². The molecule has 0 heterocycles. The SMILES string of the molecule is CNC(=O)/C(N)=C\N. The van der Waals surface area contributed by atoms with E-state index in [4.69, 9.17) is 11.5 Å². The third-order valence-electron chi connectivity index (χ3n) is 0.669. The molecule has 0 aliphatic rings. The van der Waals surface area contributed by atoms with Crippen molar-refractivity contribution in [2.75, 3.05) is 7.05 Å². The minimum Gasteiger partial charge on any atom is -0.403 e. The van der Waals surface area contributed by atoms with Crippen LogP contribution in [-0.2, 0) is 4.79 Å². The highest BCUT2D eigenvalue weighted by molar-refractivity contribution is 5.91. The van der Waals surface area contributed by atoms with Crippen LogP contribution in [0.1, 0.15) is 0 Å². The van der Waals surface area contributed by atoms with Crippen molar-refractivity contribution < 1.29 is 4.79 Å². The predicted octanol–water partition coefficient (Wildman–Crippen LogP) is -1.51. The number of carbonyl (C=O) groups excluding carboxylic acids is 1. The summed E-state index contributed by atoms with van der Waals surface area (Å²) in [4.78, 5) is 10.4. The Labute approximate surface area is 47.5 Å². The van der Waals surface area contributed by atoms with Gasteiger partial charge >= 0.3 is 0 Å². The van der Waals surface area contributed by atoms with Gasteiger partial charge in [-0.25, -0.2) is 0 Å². The molecule has 46 valence electrons. The Hall–Kier alpha value is -1.19. The monoisotopic (exact) mass is 115 g/mol. The van der Waals surface area contributed by atoms with Crippen LogP contribution in [-0.4, -0.2) is 13.0 Å². The number of nitrogens with two attached hydrogens (primary N) is 2. The lowest BCUT2D eigenvalue weighted by Crippen LogP contribution is -2.25. The van der Waals surface area contributed by atoms with E-state index in [0.29, 0.717) is 0 Å². The molecule has 0 saturated heterocycles. The highest BCUT2D eigenvalue weighted by atomic mass is 16.1. The van der Waals surface area contributed by atoms with E-state index in [1.54, 1.807) is 0 Å². The molecule has 1 amide bonds. The first-order valence-electron chi connectivity index (χ1n) is 2.11. The summed E-state index contributed by atoms with van der Waals surface area (Å²) >= 11 is 0. The van der Waals surface area contributed by atoms with Gasteiger partial charge < -0.3 is 16.8 Å². The van der Waals surface area contributed by atoms with Crippen LogP contribution in [0.15, 0.2) is 11.9 Å². The van der Waals surface area contributed by atoms with Crippen LogP contribution >= 0.6 is 0 Å². The van der Waals surface area contributed by atoms with Crippen LogP contribution in [0.25, 0.3) is 0 Å². The largest absolute Gasteiger partial charge is 0.403 e. The quantitative estimate of drug-likeness (QED) is 0.363. The molecule has 0 spiro atoms. The van der Waals surface area contributed by atoms with Crippen molar-refractivity contribution in [1.29, 1.82) is 0 Å². The Bertz CT molecular complexity index is 118. The van der Waals surface area contributed by atoms with Crippen LogP contribution in [0.3, 0.4) is 0 Å². The zero-order valence-electron chi connectivity index (χ0n) is 4.64. The first kappa shape index (κ1) is 6.81. The summed E-state index contributed by atoms with van der Waals surface area (Å²) in [5, 5.41) is 2.30. The van der Waals surface area contributed by atoms with Gasteiger partial charge in [-0.15, -0.1) is 0 Å². The second-order valence-corrected chi connectivity index (χ2v) is 1.20. The summed E-state index contributed by atoms with van der Waals surface area (Å²) in [7, 11) is 1.48. The molecule has 0 aromatic carbocycles. The molecule has 0 saturated carbocycles. The van der Waals surface area contributed by atoms with E-state index in [1.807, 2.05) is 0 Å².